The lowest BCUT2D eigenvalue weighted by atomic mass is 10.1. The molecule has 1 unspecified atom stereocenters. The predicted octanol–water partition coefficient (Wildman–Crippen LogP) is 3.88. The van der Waals surface area contributed by atoms with Gasteiger partial charge >= 0.3 is 0 Å². The third-order valence-corrected chi connectivity index (χ3v) is 5.02. The number of carbonyl (C=O) groups is 2. The maximum Gasteiger partial charge on any atom is 0.256 e. The Balaban J connectivity index is 1.87. The van der Waals surface area contributed by atoms with E-state index < -0.39 is 6.04 Å². The number of amides is 2. The van der Waals surface area contributed by atoms with Crippen LogP contribution in [0.15, 0.2) is 42.5 Å². The molecule has 0 radical (unpaired) electrons. The Kier molecular flexibility index (Phi) is 5.39. The van der Waals surface area contributed by atoms with Crippen LogP contribution in [0, 0.1) is 0 Å². The minimum atomic E-state index is -0.629. The summed E-state index contributed by atoms with van der Waals surface area (Å²) < 4.78 is 5.35. The molecule has 2 aromatic rings. The Bertz CT molecular complexity index is 856. The van der Waals surface area contributed by atoms with Crippen LogP contribution < -0.4 is 9.64 Å². The summed E-state index contributed by atoms with van der Waals surface area (Å²) in [6, 6.07) is 11.3. The molecule has 136 valence electrons. The van der Waals surface area contributed by atoms with Gasteiger partial charge in [0.15, 0.2) is 0 Å². The van der Waals surface area contributed by atoms with Crippen molar-refractivity contribution >= 4 is 40.7 Å². The van der Waals surface area contributed by atoms with E-state index in [4.69, 9.17) is 27.9 Å². The van der Waals surface area contributed by atoms with Crippen molar-refractivity contribution in [2.45, 2.75) is 13.0 Å². The fraction of sp³-hybridized carbons (Fsp3) is 0.263. The van der Waals surface area contributed by atoms with E-state index in [1.165, 1.54) is 12.0 Å². The SMILES string of the molecule is COc1ccc(Cl)cc1N1CCN(C(=O)c2ccccc2Cl)C(C)C1=O. The summed E-state index contributed by atoms with van der Waals surface area (Å²) in [5.41, 5.74) is 0.990. The molecule has 0 N–H and O–H groups in total. The van der Waals surface area contributed by atoms with Crippen molar-refractivity contribution in [2.24, 2.45) is 0 Å². The van der Waals surface area contributed by atoms with Crippen LogP contribution in [0.1, 0.15) is 17.3 Å². The van der Waals surface area contributed by atoms with E-state index in [1.807, 2.05) is 0 Å². The van der Waals surface area contributed by atoms with Crippen molar-refractivity contribution in [2.75, 3.05) is 25.1 Å². The lowest BCUT2D eigenvalue weighted by Gasteiger charge is -2.39. The van der Waals surface area contributed by atoms with Crippen LogP contribution in [-0.4, -0.2) is 43.0 Å². The van der Waals surface area contributed by atoms with Crippen LogP contribution in [-0.2, 0) is 4.79 Å². The van der Waals surface area contributed by atoms with Gasteiger partial charge in [-0.2, -0.15) is 0 Å². The van der Waals surface area contributed by atoms with Crippen LogP contribution in [0.5, 0.6) is 5.75 Å². The number of ether oxygens (including phenoxy) is 1. The largest absolute Gasteiger partial charge is 0.495 e. The average molecular weight is 393 g/mol. The van der Waals surface area contributed by atoms with Gasteiger partial charge < -0.3 is 14.5 Å². The maximum atomic E-state index is 12.9. The van der Waals surface area contributed by atoms with E-state index >= 15 is 0 Å². The second-order valence-corrected chi connectivity index (χ2v) is 6.80. The average Bonchev–Trinajstić information content (AvgIpc) is 2.64. The molecule has 0 aromatic heterocycles. The van der Waals surface area contributed by atoms with Crippen molar-refractivity contribution in [1.29, 1.82) is 0 Å². The summed E-state index contributed by atoms with van der Waals surface area (Å²) in [5, 5.41) is 0.881. The van der Waals surface area contributed by atoms with E-state index in [1.54, 1.807) is 54.3 Å². The van der Waals surface area contributed by atoms with Gasteiger partial charge in [0.05, 0.1) is 23.4 Å². The fourth-order valence-corrected chi connectivity index (χ4v) is 3.43. The molecule has 0 bridgehead atoms. The highest BCUT2D eigenvalue weighted by molar-refractivity contribution is 6.34. The first-order chi connectivity index (χ1) is 12.4. The zero-order valence-corrected chi connectivity index (χ0v) is 15.9. The number of hydrogen-bond donors (Lipinski definition) is 0. The van der Waals surface area contributed by atoms with E-state index in [9.17, 15) is 9.59 Å². The van der Waals surface area contributed by atoms with Gasteiger partial charge in [0, 0.05) is 18.1 Å². The van der Waals surface area contributed by atoms with Crippen LogP contribution in [0.2, 0.25) is 10.0 Å². The van der Waals surface area contributed by atoms with Gasteiger partial charge in [0.25, 0.3) is 5.91 Å². The van der Waals surface area contributed by atoms with Crippen molar-refractivity contribution < 1.29 is 14.3 Å². The Morgan fingerprint density at radius 2 is 1.88 bits per heavy atom. The number of nitrogens with zero attached hydrogens (tertiary/aromatic N) is 2. The van der Waals surface area contributed by atoms with E-state index in [2.05, 4.69) is 0 Å². The molecule has 26 heavy (non-hydrogen) atoms. The number of hydrogen-bond acceptors (Lipinski definition) is 3. The molecule has 1 aliphatic rings. The standard InChI is InChI=1S/C19H18Cl2N2O3/c1-12-18(24)23(16-11-13(20)7-8-17(16)26-2)10-9-22(12)19(25)14-5-3-4-6-15(14)21/h3-8,11-12H,9-10H2,1-2H3. The lowest BCUT2D eigenvalue weighted by molar-refractivity contribution is -0.124. The first-order valence-electron chi connectivity index (χ1n) is 8.14. The fourth-order valence-electron chi connectivity index (χ4n) is 3.05. The highest BCUT2D eigenvalue weighted by Gasteiger charge is 2.36. The Morgan fingerprint density at radius 1 is 1.15 bits per heavy atom. The van der Waals surface area contributed by atoms with Crippen LogP contribution in [0.25, 0.3) is 0 Å². The number of piperazine rings is 1. The van der Waals surface area contributed by atoms with Crippen molar-refractivity contribution in [3.63, 3.8) is 0 Å². The molecular weight excluding hydrogens is 375 g/mol. The molecule has 3 rings (SSSR count). The zero-order valence-electron chi connectivity index (χ0n) is 14.4. The van der Waals surface area contributed by atoms with Gasteiger partial charge in [0.2, 0.25) is 5.91 Å². The molecule has 1 saturated heterocycles. The van der Waals surface area contributed by atoms with Crippen LogP contribution in [0.3, 0.4) is 0 Å². The number of rotatable bonds is 3. The highest BCUT2D eigenvalue weighted by atomic mass is 35.5. The number of carbonyl (C=O) groups excluding carboxylic acids is 2. The number of anilines is 1. The summed E-state index contributed by atoms with van der Waals surface area (Å²) in [5.74, 6) is 0.104. The Morgan fingerprint density at radius 3 is 2.58 bits per heavy atom. The zero-order chi connectivity index (χ0) is 18.8. The molecule has 1 fully saturated rings. The minimum absolute atomic E-state index is 0.197. The van der Waals surface area contributed by atoms with Crippen LogP contribution in [0.4, 0.5) is 5.69 Å². The van der Waals surface area contributed by atoms with Crippen LogP contribution >= 0.6 is 23.2 Å². The van der Waals surface area contributed by atoms with Gasteiger partial charge in [-0.25, -0.2) is 0 Å². The van der Waals surface area contributed by atoms with E-state index in [-0.39, 0.29) is 11.8 Å². The number of benzene rings is 2. The summed E-state index contributed by atoms with van der Waals surface area (Å²) in [4.78, 5) is 28.9. The Hall–Kier alpha value is -2.24. The summed E-state index contributed by atoms with van der Waals surface area (Å²) in [6.45, 7) is 2.43. The summed E-state index contributed by atoms with van der Waals surface area (Å²) in [6.07, 6.45) is 0. The van der Waals surface area contributed by atoms with Crippen molar-refractivity contribution in [3.8, 4) is 5.75 Å². The third-order valence-electron chi connectivity index (χ3n) is 4.45. The van der Waals surface area contributed by atoms with Gasteiger partial charge in [-0.3, -0.25) is 9.59 Å². The van der Waals surface area contributed by atoms with Gasteiger partial charge in [0.1, 0.15) is 11.8 Å². The van der Waals surface area contributed by atoms with E-state index in [0.717, 1.165) is 0 Å². The molecule has 2 amide bonds. The molecule has 1 atom stereocenters. The quantitative estimate of drug-likeness (QED) is 0.796. The topological polar surface area (TPSA) is 49.9 Å². The molecule has 0 spiro atoms. The van der Waals surface area contributed by atoms with Gasteiger partial charge in [-0.05, 0) is 37.3 Å². The molecule has 7 heteroatoms. The molecule has 1 heterocycles. The Labute approximate surface area is 162 Å². The molecular formula is C19H18Cl2N2O3. The second-order valence-electron chi connectivity index (χ2n) is 5.96. The molecule has 0 saturated carbocycles. The molecule has 1 aliphatic heterocycles. The first kappa shape index (κ1) is 18.5. The van der Waals surface area contributed by atoms with Gasteiger partial charge in [-0.1, -0.05) is 35.3 Å². The summed E-state index contributed by atoms with van der Waals surface area (Å²) >= 11 is 12.2. The predicted molar refractivity (Wildman–Crippen MR) is 102 cm³/mol. The molecule has 0 aliphatic carbocycles. The first-order valence-corrected chi connectivity index (χ1v) is 8.90. The highest BCUT2D eigenvalue weighted by Crippen LogP contribution is 2.33. The summed E-state index contributed by atoms with van der Waals surface area (Å²) in [7, 11) is 1.54. The van der Waals surface area contributed by atoms with Gasteiger partial charge in [-0.15, -0.1) is 0 Å². The second kappa shape index (κ2) is 7.56. The molecule has 2 aromatic carbocycles. The normalized spacial score (nSPS) is 17.4. The van der Waals surface area contributed by atoms with Crippen molar-refractivity contribution in [1.82, 2.24) is 4.90 Å². The number of halogens is 2. The monoisotopic (exact) mass is 392 g/mol. The van der Waals surface area contributed by atoms with E-state index in [0.29, 0.717) is 40.1 Å². The number of methoxy groups -OCH3 is 1. The lowest BCUT2D eigenvalue weighted by Crippen LogP contribution is -2.57. The molecule has 5 nitrogen and oxygen atoms in total. The maximum absolute atomic E-state index is 12.9. The minimum Gasteiger partial charge on any atom is -0.495 e. The van der Waals surface area contributed by atoms with Crippen molar-refractivity contribution in [3.05, 3.63) is 58.1 Å². The third kappa shape index (κ3) is 3.37. The smallest absolute Gasteiger partial charge is 0.256 e.